The molecule has 4 aliphatic carbocycles. The lowest BCUT2D eigenvalue weighted by Gasteiger charge is -2.66. The highest BCUT2D eigenvalue weighted by Gasteiger charge is 2.65. The van der Waals surface area contributed by atoms with Crippen LogP contribution in [-0.2, 0) is 4.79 Å². The summed E-state index contributed by atoms with van der Waals surface area (Å²) in [6, 6.07) is 0. The summed E-state index contributed by atoms with van der Waals surface area (Å²) in [6.07, 6.45) is 9.28. The van der Waals surface area contributed by atoms with Crippen LogP contribution in [0.3, 0.4) is 0 Å². The maximum Gasteiger partial charge on any atom is 0.138 e. The van der Waals surface area contributed by atoms with Gasteiger partial charge in [-0.2, -0.15) is 0 Å². The molecule has 2 fully saturated rings. The molecule has 8 atom stereocenters. The molecule has 0 aromatic carbocycles. The Morgan fingerprint density at radius 3 is 2.32 bits per heavy atom. The van der Waals surface area contributed by atoms with Crippen molar-refractivity contribution in [3.05, 3.63) is 23.3 Å². The molecule has 192 valence electrons. The fourth-order valence-corrected chi connectivity index (χ4v) is 9.04. The van der Waals surface area contributed by atoms with Crippen molar-refractivity contribution < 1.29 is 20.1 Å². The molecule has 0 aromatic rings. The predicted molar refractivity (Wildman–Crippen MR) is 136 cm³/mol. The van der Waals surface area contributed by atoms with Gasteiger partial charge in [0.05, 0.1) is 11.7 Å². The highest BCUT2D eigenvalue weighted by molar-refractivity contribution is 5.85. The maximum atomic E-state index is 12.8. The number of allylic oxidation sites excluding steroid dienone is 4. The largest absolute Gasteiger partial charge is 0.390 e. The van der Waals surface area contributed by atoms with Crippen molar-refractivity contribution in [2.75, 3.05) is 0 Å². The number of fused-ring (bicyclic) bond motifs is 5. The first-order chi connectivity index (χ1) is 15.5. The standard InChI is InChI=1S/C30H48O4/c1-18(17-21(31)25(33)27(4,5)34)19-11-15-29(7)20(19)9-10-23-28(6)14-13-24(32)26(2,3)22(28)12-16-30(23,29)8/h9-10,18,21-23,25,31,33-34H,11-17H2,1-8H3/t18-,21+,22+,23+,25-,28+,29+,30+/m1/s1. The topological polar surface area (TPSA) is 77.8 Å². The molecule has 0 bridgehead atoms. The van der Waals surface area contributed by atoms with Crippen molar-refractivity contribution in [2.24, 2.45) is 39.4 Å². The number of Topliss-reactive ketones (excluding diaryl/α,β-unsaturated/α-hetero) is 1. The molecular formula is C30H48O4. The van der Waals surface area contributed by atoms with E-state index >= 15 is 0 Å². The molecule has 0 spiro atoms. The number of aliphatic hydroxyl groups excluding tert-OH is 2. The normalized spacial score (nSPS) is 42.0. The molecule has 3 N–H and O–H groups in total. The number of hydrogen-bond acceptors (Lipinski definition) is 4. The molecule has 4 rings (SSSR count). The van der Waals surface area contributed by atoms with E-state index in [1.807, 2.05) is 0 Å². The highest BCUT2D eigenvalue weighted by atomic mass is 16.4. The van der Waals surface area contributed by atoms with Crippen LogP contribution in [-0.4, -0.2) is 38.9 Å². The highest BCUT2D eigenvalue weighted by Crippen LogP contribution is 2.72. The molecule has 0 unspecified atom stereocenters. The van der Waals surface area contributed by atoms with Gasteiger partial charge in [-0.05, 0) is 91.9 Å². The average molecular weight is 473 g/mol. The Morgan fingerprint density at radius 2 is 1.71 bits per heavy atom. The van der Waals surface area contributed by atoms with E-state index in [-0.39, 0.29) is 27.6 Å². The summed E-state index contributed by atoms with van der Waals surface area (Å²) < 4.78 is 0. The van der Waals surface area contributed by atoms with E-state index in [1.54, 1.807) is 13.8 Å². The quantitative estimate of drug-likeness (QED) is 0.487. The molecule has 4 heteroatoms. The molecule has 0 aliphatic heterocycles. The van der Waals surface area contributed by atoms with Gasteiger partial charge < -0.3 is 15.3 Å². The van der Waals surface area contributed by atoms with Crippen molar-refractivity contribution in [2.45, 2.75) is 118 Å². The second kappa shape index (κ2) is 8.02. The number of hydrogen-bond donors (Lipinski definition) is 3. The smallest absolute Gasteiger partial charge is 0.138 e. The van der Waals surface area contributed by atoms with Crippen LogP contribution >= 0.6 is 0 Å². The Labute approximate surface area is 206 Å². The minimum Gasteiger partial charge on any atom is -0.390 e. The van der Waals surface area contributed by atoms with Crippen LogP contribution in [0.1, 0.15) is 100 Å². The van der Waals surface area contributed by atoms with Crippen LogP contribution in [0.25, 0.3) is 0 Å². The molecule has 0 aromatic heterocycles. The molecule has 0 radical (unpaired) electrons. The van der Waals surface area contributed by atoms with Crippen LogP contribution in [0.5, 0.6) is 0 Å². The lowest BCUT2D eigenvalue weighted by molar-refractivity contribution is -0.164. The Bertz CT molecular complexity index is 907. The summed E-state index contributed by atoms with van der Waals surface area (Å²) in [5.41, 5.74) is 1.64. The molecule has 2 saturated carbocycles. The van der Waals surface area contributed by atoms with Gasteiger partial charge in [-0.3, -0.25) is 4.79 Å². The Morgan fingerprint density at radius 1 is 1.06 bits per heavy atom. The molecule has 34 heavy (non-hydrogen) atoms. The van der Waals surface area contributed by atoms with Crippen molar-refractivity contribution in [3.63, 3.8) is 0 Å². The van der Waals surface area contributed by atoms with Gasteiger partial charge >= 0.3 is 0 Å². The van der Waals surface area contributed by atoms with Crippen LogP contribution in [0, 0.1) is 39.4 Å². The number of aliphatic hydroxyl groups is 3. The van der Waals surface area contributed by atoms with Crippen LogP contribution in [0.15, 0.2) is 23.3 Å². The average Bonchev–Trinajstić information content (AvgIpc) is 3.08. The van der Waals surface area contributed by atoms with E-state index in [0.717, 1.165) is 32.1 Å². The number of carbonyl (C=O) groups is 1. The maximum absolute atomic E-state index is 12.8. The van der Waals surface area contributed by atoms with Gasteiger partial charge in [-0.15, -0.1) is 0 Å². The number of rotatable bonds is 5. The summed E-state index contributed by atoms with van der Waals surface area (Å²) in [6.45, 7) is 17.0. The first kappa shape index (κ1) is 26.1. The molecule has 0 amide bonds. The van der Waals surface area contributed by atoms with Gasteiger partial charge in [-0.25, -0.2) is 0 Å². The zero-order chi connectivity index (χ0) is 25.5. The number of ketones is 1. The SMILES string of the molecule is C[C@H](C[C@H](O)[C@@H](O)C(C)(C)O)C1=C2C=C[C@H]3[C@@]4(C)CCC(=O)C(C)(C)[C@@H]4CC[C@]3(C)[C@@]2(C)CC1. The zero-order valence-corrected chi connectivity index (χ0v) is 22.7. The molecule has 4 nitrogen and oxygen atoms in total. The Kier molecular flexibility index (Phi) is 6.15. The first-order valence-electron chi connectivity index (χ1n) is 13.5. The second-order valence-corrected chi connectivity index (χ2v) is 14.1. The van der Waals surface area contributed by atoms with E-state index in [0.29, 0.717) is 30.5 Å². The van der Waals surface area contributed by atoms with Gasteiger partial charge in [-0.1, -0.05) is 59.3 Å². The lowest BCUT2D eigenvalue weighted by Crippen LogP contribution is -2.61. The van der Waals surface area contributed by atoms with Gasteiger partial charge in [0.1, 0.15) is 11.9 Å². The van der Waals surface area contributed by atoms with E-state index in [2.05, 4.69) is 53.7 Å². The van der Waals surface area contributed by atoms with Crippen molar-refractivity contribution in [1.82, 2.24) is 0 Å². The second-order valence-electron chi connectivity index (χ2n) is 14.1. The van der Waals surface area contributed by atoms with E-state index in [1.165, 1.54) is 11.1 Å². The zero-order valence-electron chi connectivity index (χ0n) is 22.7. The Hall–Kier alpha value is -0.970. The van der Waals surface area contributed by atoms with Crippen LogP contribution in [0.2, 0.25) is 0 Å². The fraction of sp³-hybridized carbons (Fsp3) is 0.833. The molecule has 0 heterocycles. The summed E-state index contributed by atoms with van der Waals surface area (Å²) in [5, 5.41) is 31.2. The molecule has 4 aliphatic rings. The van der Waals surface area contributed by atoms with Gasteiger partial charge in [0.25, 0.3) is 0 Å². The van der Waals surface area contributed by atoms with Gasteiger partial charge in [0.15, 0.2) is 0 Å². The van der Waals surface area contributed by atoms with E-state index in [9.17, 15) is 20.1 Å². The first-order valence-corrected chi connectivity index (χ1v) is 13.5. The third kappa shape index (κ3) is 3.53. The van der Waals surface area contributed by atoms with E-state index < -0.39 is 17.8 Å². The minimum atomic E-state index is -1.32. The van der Waals surface area contributed by atoms with Crippen LogP contribution in [0.4, 0.5) is 0 Å². The molecule has 0 saturated heterocycles. The third-order valence-electron chi connectivity index (χ3n) is 11.5. The minimum absolute atomic E-state index is 0.0788. The number of carbonyl (C=O) groups excluding carboxylic acids is 1. The van der Waals surface area contributed by atoms with Gasteiger partial charge in [0.2, 0.25) is 0 Å². The summed E-state index contributed by atoms with van der Waals surface area (Å²) in [4.78, 5) is 12.8. The summed E-state index contributed by atoms with van der Waals surface area (Å²) >= 11 is 0. The molecular weight excluding hydrogens is 424 g/mol. The monoisotopic (exact) mass is 472 g/mol. The van der Waals surface area contributed by atoms with Crippen LogP contribution < -0.4 is 0 Å². The van der Waals surface area contributed by atoms with Crippen molar-refractivity contribution in [1.29, 1.82) is 0 Å². The Balaban J connectivity index is 1.68. The summed E-state index contributed by atoms with van der Waals surface area (Å²) in [5.74, 6) is 1.47. The van der Waals surface area contributed by atoms with E-state index in [4.69, 9.17) is 0 Å². The third-order valence-corrected chi connectivity index (χ3v) is 11.5. The van der Waals surface area contributed by atoms with Gasteiger partial charge in [0, 0.05) is 11.8 Å². The van der Waals surface area contributed by atoms with Crippen molar-refractivity contribution >= 4 is 5.78 Å². The fourth-order valence-electron chi connectivity index (χ4n) is 9.04. The predicted octanol–water partition coefficient (Wildman–Crippen LogP) is 5.60. The van der Waals surface area contributed by atoms with Crippen molar-refractivity contribution in [3.8, 4) is 0 Å². The summed E-state index contributed by atoms with van der Waals surface area (Å²) in [7, 11) is 0. The lowest BCUT2D eigenvalue weighted by atomic mass is 9.37.